The Morgan fingerprint density at radius 1 is 1.47 bits per heavy atom. The molecule has 0 heterocycles. The first-order valence-electron chi connectivity index (χ1n) is 7.01. The van der Waals surface area contributed by atoms with Crippen molar-refractivity contribution in [3.63, 3.8) is 0 Å². The highest BCUT2D eigenvalue weighted by Gasteiger charge is 2.48. The molecule has 0 aliphatic heterocycles. The van der Waals surface area contributed by atoms with Gasteiger partial charge in [0.1, 0.15) is 0 Å². The minimum atomic E-state index is -0.303. The molecule has 2 fully saturated rings. The van der Waals surface area contributed by atoms with Crippen LogP contribution in [0.3, 0.4) is 0 Å². The predicted octanol–water partition coefficient (Wildman–Crippen LogP) is 2.96. The van der Waals surface area contributed by atoms with Gasteiger partial charge in [0, 0.05) is 17.2 Å². The molecule has 2 aliphatic carbocycles. The SMILES string of the molecule is Cc1c(CC2(N)CC3CCC2C3)cccc1[N+](=O)[O-]. The Bertz CT molecular complexity index is 529. The van der Waals surface area contributed by atoms with E-state index in [9.17, 15) is 10.1 Å². The number of hydrogen-bond acceptors (Lipinski definition) is 3. The van der Waals surface area contributed by atoms with Crippen molar-refractivity contribution in [1.29, 1.82) is 0 Å². The molecule has 3 atom stereocenters. The fourth-order valence-electron chi connectivity index (χ4n) is 4.12. The number of fused-ring (bicyclic) bond motifs is 2. The highest BCUT2D eigenvalue weighted by Crippen LogP contribution is 2.50. The Kier molecular flexibility index (Phi) is 2.86. The fourth-order valence-corrected chi connectivity index (χ4v) is 4.12. The van der Waals surface area contributed by atoms with Crippen LogP contribution in [0.1, 0.15) is 36.8 Å². The van der Waals surface area contributed by atoms with Crippen LogP contribution < -0.4 is 5.73 Å². The van der Waals surface area contributed by atoms with Crippen molar-refractivity contribution in [3.8, 4) is 0 Å². The Balaban J connectivity index is 1.88. The van der Waals surface area contributed by atoms with E-state index in [0.717, 1.165) is 29.9 Å². The molecule has 2 N–H and O–H groups in total. The summed E-state index contributed by atoms with van der Waals surface area (Å²) in [7, 11) is 0. The molecule has 0 amide bonds. The predicted molar refractivity (Wildman–Crippen MR) is 73.9 cm³/mol. The van der Waals surface area contributed by atoms with E-state index in [4.69, 9.17) is 5.73 Å². The summed E-state index contributed by atoms with van der Waals surface area (Å²) in [6.07, 6.45) is 5.67. The quantitative estimate of drug-likeness (QED) is 0.671. The van der Waals surface area contributed by atoms with Crippen LogP contribution in [0.2, 0.25) is 0 Å². The van der Waals surface area contributed by atoms with E-state index in [1.807, 2.05) is 13.0 Å². The van der Waals surface area contributed by atoms with Crippen molar-refractivity contribution in [1.82, 2.24) is 0 Å². The number of nitrogens with two attached hydrogens (primary N) is 1. The monoisotopic (exact) mass is 260 g/mol. The molecule has 0 aromatic heterocycles. The average Bonchev–Trinajstić information content (AvgIpc) is 2.91. The molecule has 19 heavy (non-hydrogen) atoms. The zero-order valence-electron chi connectivity index (χ0n) is 11.3. The Labute approximate surface area is 113 Å². The van der Waals surface area contributed by atoms with Crippen LogP contribution >= 0.6 is 0 Å². The maximum Gasteiger partial charge on any atom is 0.272 e. The van der Waals surface area contributed by atoms with Gasteiger partial charge >= 0.3 is 0 Å². The average molecular weight is 260 g/mol. The molecule has 0 saturated heterocycles. The zero-order chi connectivity index (χ0) is 13.6. The lowest BCUT2D eigenvalue weighted by Crippen LogP contribution is -2.47. The molecule has 102 valence electrons. The minimum Gasteiger partial charge on any atom is -0.325 e. The topological polar surface area (TPSA) is 69.2 Å². The molecule has 3 rings (SSSR count). The van der Waals surface area contributed by atoms with E-state index in [0.29, 0.717) is 5.92 Å². The van der Waals surface area contributed by atoms with Gasteiger partial charge in [-0.1, -0.05) is 18.6 Å². The molecule has 1 aromatic carbocycles. The molecule has 2 saturated carbocycles. The number of nitro groups is 1. The lowest BCUT2D eigenvalue weighted by molar-refractivity contribution is -0.385. The van der Waals surface area contributed by atoms with Gasteiger partial charge < -0.3 is 5.73 Å². The highest BCUT2D eigenvalue weighted by molar-refractivity contribution is 5.45. The number of hydrogen-bond donors (Lipinski definition) is 1. The van der Waals surface area contributed by atoms with Crippen molar-refractivity contribution >= 4 is 5.69 Å². The molecular formula is C15H20N2O2. The standard InChI is InChI=1S/C15H20N2O2/c1-10-12(3-2-4-14(10)17(18)19)9-15(16)8-11-5-6-13(15)7-11/h2-4,11,13H,5-9,16H2,1H3. The van der Waals surface area contributed by atoms with Crippen molar-refractivity contribution in [2.45, 2.75) is 44.6 Å². The van der Waals surface area contributed by atoms with Crippen LogP contribution in [0.25, 0.3) is 0 Å². The van der Waals surface area contributed by atoms with E-state index >= 15 is 0 Å². The second kappa shape index (κ2) is 4.30. The Hall–Kier alpha value is -1.42. The van der Waals surface area contributed by atoms with Gasteiger partial charge in [0.05, 0.1) is 4.92 Å². The summed E-state index contributed by atoms with van der Waals surface area (Å²) in [5, 5.41) is 11.0. The third kappa shape index (κ3) is 2.04. The molecular weight excluding hydrogens is 240 g/mol. The molecule has 1 aromatic rings. The van der Waals surface area contributed by atoms with Crippen LogP contribution in [0.4, 0.5) is 5.69 Å². The van der Waals surface area contributed by atoms with Gasteiger partial charge in [-0.15, -0.1) is 0 Å². The third-order valence-corrected chi connectivity index (χ3v) is 5.16. The van der Waals surface area contributed by atoms with Gasteiger partial charge in [0.15, 0.2) is 0 Å². The van der Waals surface area contributed by atoms with Crippen LogP contribution in [0, 0.1) is 28.9 Å². The molecule has 3 unspecified atom stereocenters. The number of rotatable bonds is 3. The highest BCUT2D eigenvalue weighted by atomic mass is 16.6. The largest absolute Gasteiger partial charge is 0.325 e. The van der Waals surface area contributed by atoms with E-state index in [1.54, 1.807) is 12.1 Å². The third-order valence-electron chi connectivity index (χ3n) is 5.16. The first-order chi connectivity index (χ1) is 8.99. The molecule has 4 heteroatoms. The van der Waals surface area contributed by atoms with Gasteiger partial charge in [-0.3, -0.25) is 10.1 Å². The van der Waals surface area contributed by atoms with Gasteiger partial charge in [-0.25, -0.2) is 0 Å². The lowest BCUT2D eigenvalue weighted by atomic mass is 9.77. The molecule has 2 bridgehead atoms. The van der Waals surface area contributed by atoms with Crippen LogP contribution in [-0.4, -0.2) is 10.5 Å². The van der Waals surface area contributed by atoms with Crippen molar-refractivity contribution in [3.05, 3.63) is 39.4 Å². The van der Waals surface area contributed by atoms with Crippen molar-refractivity contribution < 1.29 is 4.92 Å². The Morgan fingerprint density at radius 3 is 2.84 bits per heavy atom. The lowest BCUT2D eigenvalue weighted by Gasteiger charge is -2.34. The molecule has 0 spiro atoms. The summed E-state index contributed by atoms with van der Waals surface area (Å²) in [6, 6.07) is 5.34. The van der Waals surface area contributed by atoms with Crippen molar-refractivity contribution in [2.75, 3.05) is 0 Å². The van der Waals surface area contributed by atoms with Crippen molar-refractivity contribution in [2.24, 2.45) is 17.6 Å². The van der Waals surface area contributed by atoms with E-state index in [1.165, 1.54) is 19.3 Å². The van der Waals surface area contributed by atoms with E-state index in [-0.39, 0.29) is 16.1 Å². The summed E-state index contributed by atoms with van der Waals surface area (Å²) in [6.45, 7) is 1.84. The minimum absolute atomic E-state index is 0.136. The van der Waals surface area contributed by atoms with Gasteiger partial charge in [-0.2, -0.15) is 0 Å². The van der Waals surface area contributed by atoms with Crippen LogP contribution in [0.15, 0.2) is 18.2 Å². The maximum atomic E-state index is 11.0. The van der Waals surface area contributed by atoms with Crippen LogP contribution in [-0.2, 0) is 6.42 Å². The number of nitro benzene ring substituents is 1. The van der Waals surface area contributed by atoms with E-state index < -0.39 is 0 Å². The second-order valence-corrected chi connectivity index (χ2v) is 6.31. The first-order valence-corrected chi connectivity index (χ1v) is 7.01. The first kappa shape index (κ1) is 12.6. The number of nitrogens with zero attached hydrogens (tertiary/aromatic N) is 1. The zero-order valence-corrected chi connectivity index (χ0v) is 11.3. The maximum absolute atomic E-state index is 11.0. The summed E-state index contributed by atoms with van der Waals surface area (Å²) < 4.78 is 0. The Morgan fingerprint density at radius 2 is 2.26 bits per heavy atom. The number of benzene rings is 1. The summed E-state index contributed by atoms with van der Waals surface area (Å²) >= 11 is 0. The normalized spacial score (nSPS) is 32.7. The van der Waals surface area contributed by atoms with E-state index in [2.05, 4.69) is 0 Å². The molecule has 0 radical (unpaired) electrons. The summed E-state index contributed by atoms with van der Waals surface area (Å²) in [5.74, 6) is 1.39. The fraction of sp³-hybridized carbons (Fsp3) is 0.600. The van der Waals surface area contributed by atoms with Gasteiger partial charge in [0.2, 0.25) is 0 Å². The second-order valence-electron chi connectivity index (χ2n) is 6.31. The summed E-state index contributed by atoms with van der Waals surface area (Å²) in [4.78, 5) is 10.7. The molecule has 4 nitrogen and oxygen atoms in total. The smallest absolute Gasteiger partial charge is 0.272 e. The summed E-state index contributed by atoms with van der Waals surface area (Å²) in [5.41, 5.74) is 8.50. The van der Waals surface area contributed by atoms with Gasteiger partial charge in [-0.05, 0) is 50.0 Å². The van der Waals surface area contributed by atoms with Gasteiger partial charge in [0.25, 0.3) is 5.69 Å². The molecule has 2 aliphatic rings. The van der Waals surface area contributed by atoms with Crippen LogP contribution in [0.5, 0.6) is 0 Å².